The SMILES string of the molecule is CC1(C)CCSCC1N1CCCC2CNCC21. The van der Waals surface area contributed by atoms with Crippen molar-refractivity contribution in [1.29, 1.82) is 0 Å². The first-order valence-electron chi connectivity index (χ1n) is 7.23. The summed E-state index contributed by atoms with van der Waals surface area (Å²) in [7, 11) is 0. The van der Waals surface area contributed by atoms with Gasteiger partial charge in [0.2, 0.25) is 0 Å². The van der Waals surface area contributed by atoms with Crippen LogP contribution in [0.3, 0.4) is 0 Å². The fourth-order valence-corrected chi connectivity index (χ4v) is 5.66. The molecule has 17 heavy (non-hydrogen) atoms. The maximum atomic E-state index is 3.61. The molecule has 0 saturated carbocycles. The van der Waals surface area contributed by atoms with Crippen LogP contribution in [-0.4, -0.2) is 48.1 Å². The second-order valence-corrected chi connectivity index (χ2v) is 7.84. The first kappa shape index (κ1) is 12.3. The molecule has 3 atom stereocenters. The zero-order chi connectivity index (χ0) is 11.9. The van der Waals surface area contributed by atoms with E-state index >= 15 is 0 Å². The van der Waals surface area contributed by atoms with Crippen molar-refractivity contribution in [3.63, 3.8) is 0 Å². The zero-order valence-electron chi connectivity index (χ0n) is 11.2. The Labute approximate surface area is 110 Å². The fourth-order valence-electron chi connectivity index (χ4n) is 3.96. The van der Waals surface area contributed by atoms with Crippen molar-refractivity contribution in [3.8, 4) is 0 Å². The predicted molar refractivity (Wildman–Crippen MR) is 75.6 cm³/mol. The Hall–Kier alpha value is 0.270. The lowest BCUT2D eigenvalue weighted by molar-refractivity contribution is 0.0244. The number of rotatable bonds is 1. The first-order chi connectivity index (χ1) is 8.18. The van der Waals surface area contributed by atoms with Crippen molar-refractivity contribution >= 4 is 11.8 Å². The molecular weight excluding hydrogens is 228 g/mol. The molecule has 0 aliphatic carbocycles. The van der Waals surface area contributed by atoms with Crippen LogP contribution in [0.4, 0.5) is 0 Å². The van der Waals surface area contributed by atoms with Gasteiger partial charge in [-0.15, -0.1) is 0 Å². The summed E-state index contributed by atoms with van der Waals surface area (Å²) in [5, 5.41) is 3.61. The van der Waals surface area contributed by atoms with E-state index in [0.29, 0.717) is 5.41 Å². The van der Waals surface area contributed by atoms with Gasteiger partial charge in [0, 0.05) is 24.4 Å². The Morgan fingerprint density at radius 1 is 1.29 bits per heavy atom. The third-order valence-corrected chi connectivity index (χ3v) is 6.23. The van der Waals surface area contributed by atoms with E-state index in [9.17, 15) is 0 Å². The van der Waals surface area contributed by atoms with E-state index in [-0.39, 0.29) is 0 Å². The van der Waals surface area contributed by atoms with Crippen molar-refractivity contribution < 1.29 is 0 Å². The van der Waals surface area contributed by atoms with Gasteiger partial charge in [-0.25, -0.2) is 0 Å². The second-order valence-electron chi connectivity index (χ2n) is 6.70. The van der Waals surface area contributed by atoms with Crippen molar-refractivity contribution in [2.24, 2.45) is 11.3 Å². The lowest BCUT2D eigenvalue weighted by Gasteiger charge is -2.50. The number of nitrogens with one attached hydrogen (secondary N) is 1. The molecule has 3 aliphatic heterocycles. The van der Waals surface area contributed by atoms with Crippen LogP contribution in [-0.2, 0) is 0 Å². The quantitative estimate of drug-likeness (QED) is 0.772. The Bertz CT molecular complexity index is 279. The van der Waals surface area contributed by atoms with E-state index in [4.69, 9.17) is 0 Å². The first-order valence-corrected chi connectivity index (χ1v) is 8.38. The topological polar surface area (TPSA) is 15.3 Å². The largest absolute Gasteiger partial charge is 0.315 e. The average molecular weight is 254 g/mol. The maximum absolute atomic E-state index is 3.61. The smallest absolute Gasteiger partial charge is 0.0264 e. The van der Waals surface area contributed by atoms with E-state index in [1.54, 1.807) is 0 Å². The van der Waals surface area contributed by atoms with Crippen LogP contribution in [0.5, 0.6) is 0 Å². The van der Waals surface area contributed by atoms with E-state index in [0.717, 1.165) is 18.0 Å². The average Bonchev–Trinajstić information content (AvgIpc) is 2.76. The Morgan fingerprint density at radius 3 is 3.00 bits per heavy atom. The number of nitrogens with zero attached hydrogens (tertiary/aromatic N) is 1. The number of fused-ring (bicyclic) bond motifs is 1. The van der Waals surface area contributed by atoms with Gasteiger partial charge in [0.05, 0.1) is 0 Å². The molecule has 3 fully saturated rings. The standard InChI is InChI=1S/C14H26N2S/c1-14(2)5-7-17-10-13(14)16-6-3-4-11-8-15-9-12(11)16/h11-13,15H,3-10H2,1-2H3. The molecule has 98 valence electrons. The Morgan fingerprint density at radius 2 is 2.18 bits per heavy atom. The summed E-state index contributed by atoms with van der Waals surface area (Å²) in [5.74, 6) is 3.66. The molecule has 0 amide bonds. The lowest BCUT2D eigenvalue weighted by atomic mass is 9.78. The van der Waals surface area contributed by atoms with Crippen LogP contribution in [0.2, 0.25) is 0 Å². The minimum atomic E-state index is 0.524. The fraction of sp³-hybridized carbons (Fsp3) is 1.00. The van der Waals surface area contributed by atoms with Crippen LogP contribution < -0.4 is 5.32 Å². The monoisotopic (exact) mass is 254 g/mol. The highest BCUT2D eigenvalue weighted by Crippen LogP contribution is 2.41. The highest BCUT2D eigenvalue weighted by atomic mass is 32.2. The molecule has 1 N–H and O–H groups in total. The third-order valence-electron chi connectivity index (χ3n) is 5.19. The van der Waals surface area contributed by atoms with Crippen LogP contribution in [0.1, 0.15) is 33.1 Å². The number of piperidine rings is 1. The maximum Gasteiger partial charge on any atom is 0.0264 e. The molecule has 2 nitrogen and oxygen atoms in total. The highest BCUT2D eigenvalue weighted by molar-refractivity contribution is 7.99. The van der Waals surface area contributed by atoms with Crippen molar-refractivity contribution in [2.75, 3.05) is 31.1 Å². The summed E-state index contributed by atoms with van der Waals surface area (Å²) in [6.07, 6.45) is 4.26. The van der Waals surface area contributed by atoms with E-state index in [1.165, 1.54) is 50.4 Å². The number of likely N-dealkylation sites (tertiary alicyclic amines) is 1. The summed E-state index contributed by atoms with van der Waals surface area (Å²) >= 11 is 2.17. The molecule has 3 heteroatoms. The Kier molecular flexibility index (Phi) is 3.44. The van der Waals surface area contributed by atoms with Crippen LogP contribution in [0.15, 0.2) is 0 Å². The normalized spacial score (nSPS) is 42.4. The van der Waals surface area contributed by atoms with Crippen molar-refractivity contribution in [2.45, 2.75) is 45.2 Å². The van der Waals surface area contributed by atoms with Gasteiger partial charge < -0.3 is 5.32 Å². The minimum absolute atomic E-state index is 0.524. The summed E-state index contributed by atoms with van der Waals surface area (Å²) in [5.41, 5.74) is 0.524. The highest BCUT2D eigenvalue weighted by Gasteiger charge is 2.44. The molecular formula is C14H26N2S. The molecule has 3 aliphatic rings. The second kappa shape index (κ2) is 4.75. The zero-order valence-corrected chi connectivity index (χ0v) is 12.1. The van der Waals surface area contributed by atoms with Gasteiger partial charge in [0.25, 0.3) is 0 Å². The van der Waals surface area contributed by atoms with E-state index in [1.807, 2.05) is 0 Å². The van der Waals surface area contributed by atoms with Gasteiger partial charge >= 0.3 is 0 Å². The molecule has 3 unspecified atom stereocenters. The molecule has 3 rings (SSSR count). The number of hydrogen-bond donors (Lipinski definition) is 1. The molecule has 0 spiro atoms. The molecule has 3 saturated heterocycles. The molecule has 0 radical (unpaired) electrons. The van der Waals surface area contributed by atoms with Gasteiger partial charge in [-0.05, 0) is 49.4 Å². The lowest BCUT2D eigenvalue weighted by Crippen LogP contribution is -2.57. The van der Waals surface area contributed by atoms with Crippen LogP contribution in [0, 0.1) is 11.3 Å². The molecule has 0 aromatic carbocycles. The van der Waals surface area contributed by atoms with Crippen LogP contribution in [0.25, 0.3) is 0 Å². The summed E-state index contributed by atoms with van der Waals surface area (Å²) < 4.78 is 0. The predicted octanol–water partition coefficient (Wildman–Crippen LogP) is 2.20. The molecule has 0 bridgehead atoms. The number of hydrogen-bond acceptors (Lipinski definition) is 3. The summed E-state index contributed by atoms with van der Waals surface area (Å²) in [6, 6.07) is 1.65. The van der Waals surface area contributed by atoms with Crippen molar-refractivity contribution in [1.82, 2.24) is 10.2 Å². The summed E-state index contributed by atoms with van der Waals surface area (Å²) in [4.78, 5) is 2.88. The van der Waals surface area contributed by atoms with Gasteiger partial charge in [-0.2, -0.15) is 11.8 Å². The molecule has 3 heterocycles. The Balaban J connectivity index is 1.77. The third kappa shape index (κ3) is 2.26. The van der Waals surface area contributed by atoms with Crippen LogP contribution >= 0.6 is 11.8 Å². The summed E-state index contributed by atoms with van der Waals surface area (Å²) in [6.45, 7) is 8.83. The van der Waals surface area contributed by atoms with Gasteiger partial charge in [-0.3, -0.25) is 4.90 Å². The number of thioether (sulfide) groups is 1. The molecule has 0 aromatic heterocycles. The molecule has 0 aromatic rings. The minimum Gasteiger partial charge on any atom is -0.315 e. The van der Waals surface area contributed by atoms with Gasteiger partial charge in [-0.1, -0.05) is 13.8 Å². The van der Waals surface area contributed by atoms with E-state index in [2.05, 4.69) is 35.8 Å². The van der Waals surface area contributed by atoms with Gasteiger partial charge in [0.15, 0.2) is 0 Å². The van der Waals surface area contributed by atoms with Gasteiger partial charge in [0.1, 0.15) is 0 Å². The van der Waals surface area contributed by atoms with E-state index < -0.39 is 0 Å². The van der Waals surface area contributed by atoms with Crippen molar-refractivity contribution in [3.05, 3.63) is 0 Å².